The number of Topliss-reactive ketones (excluding diaryl/α,β-unsaturated/α-hetero) is 3. The van der Waals surface area contributed by atoms with Gasteiger partial charge >= 0.3 is 11.9 Å². The number of fused-ring (bicyclic) bond motifs is 10. The fourth-order valence-electron chi connectivity index (χ4n) is 15.5. The molecule has 4 amide bonds. The van der Waals surface area contributed by atoms with E-state index in [1.807, 2.05) is 52.0 Å². The number of imide groups is 1. The lowest BCUT2D eigenvalue weighted by Gasteiger charge is -2.31. The Morgan fingerprint density at radius 2 is 1.11 bits per heavy atom. The molecule has 8 heterocycles. The highest BCUT2D eigenvalue weighted by Gasteiger charge is 2.48. The maximum absolute atomic E-state index is 13.8. The molecule has 5 aliphatic heterocycles. The monoisotopic (exact) mass is 1370 g/mol. The van der Waals surface area contributed by atoms with Gasteiger partial charge in [-0.1, -0.05) is 81.0 Å². The molecule has 530 valence electrons. The molecule has 6 N–H and O–H groups in total. The van der Waals surface area contributed by atoms with Crippen molar-refractivity contribution >= 4 is 74.6 Å². The van der Waals surface area contributed by atoms with Gasteiger partial charge in [0.15, 0.2) is 22.8 Å². The minimum absolute atomic E-state index is 0. The van der Waals surface area contributed by atoms with Crippen molar-refractivity contribution in [2.24, 2.45) is 23.5 Å². The van der Waals surface area contributed by atoms with E-state index in [2.05, 4.69) is 16.7 Å². The number of benzene rings is 3. The number of esters is 2. The van der Waals surface area contributed by atoms with Crippen LogP contribution in [0.5, 0.6) is 0 Å². The number of nitrogens with zero attached hydrogens (tertiary/aromatic N) is 4. The van der Waals surface area contributed by atoms with E-state index in [1.165, 1.54) is 22.6 Å². The highest BCUT2D eigenvalue weighted by atomic mass is 16.6. The number of unbranched alkanes of at least 4 members (excludes halogenated alkanes) is 2. The SMILES string of the molecule is C.C.CC[C@@]1(O)C(=O)OCc2c1cc1n(c2=O)Cc2c-1cc1ccc(CC(=O)[C@H](C)NC(=O)C(N)C(C)C)c3c1c2CCC3.CC[C@@]1(O)C(=O)OCc2c1cc1n(c2=O)Cc2c-1nc1ccc(CC(=O)[C@H](C)NC(=O)C(CC(=O)CCCCCN3C(=O)C=CC3=O)C(C)C)c3c1c2CCC3. The number of carbonyl (C=O) groups excluding carboxylic acids is 9. The zero-order valence-electron chi connectivity index (χ0n) is 56.9. The first-order valence-electron chi connectivity index (χ1n) is 34.6. The quantitative estimate of drug-likeness (QED) is 0.0244. The van der Waals surface area contributed by atoms with Gasteiger partial charge in [-0.3, -0.25) is 48.1 Å². The van der Waals surface area contributed by atoms with E-state index < -0.39 is 47.2 Å². The molecule has 6 atom stereocenters. The first-order chi connectivity index (χ1) is 46.7. The number of cyclic esters (lactones) is 2. The van der Waals surface area contributed by atoms with E-state index in [-0.39, 0.29) is 135 Å². The van der Waals surface area contributed by atoms with E-state index in [0.717, 1.165) is 105 Å². The molecule has 0 spiro atoms. The highest BCUT2D eigenvalue weighted by Crippen LogP contribution is 2.46. The summed E-state index contributed by atoms with van der Waals surface area (Å²) in [5.41, 5.74) is 14.7. The number of hydrogen-bond donors (Lipinski definition) is 5. The first-order valence-corrected chi connectivity index (χ1v) is 34.6. The van der Waals surface area contributed by atoms with Crippen LogP contribution in [0.4, 0.5) is 0 Å². The van der Waals surface area contributed by atoms with Crippen molar-refractivity contribution in [1.29, 1.82) is 0 Å². The van der Waals surface area contributed by atoms with Gasteiger partial charge in [0.05, 0.1) is 64.9 Å². The molecule has 3 aromatic heterocycles. The van der Waals surface area contributed by atoms with E-state index in [0.29, 0.717) is 73.5 Å². The zero-order chi connectivity index (χ0) is 70.1. The van der Waals surface area contributed by atoms with Crippen molar-refractivity contribution in [2.75, 3.05) is 6.54 Å². The first kappa shape index (κ1) is 73.6. The molecule has 0 saturated carbocycles. The van der Waals surface area contributed by atoms with Crippen LogP contribution < -0.4 is 27.5 Å². The summed E-state index contributed by atoms with van der Waals surface area (Å²) in [7, 11) is 0. The van der Waals surface area contributed by atoms with E-state index in [4.69, 9.17) is 20.2 Å². The number of carbonyl (C=O) groups is 9. The van der Waals surface area contributed by atoms with Crippen molar-refractivity contribution < 1.29 is 62.8 Å². The Morgan fingerprint density at radius 3 is 1.67 bits per heavy atom. The Bertz CT molecular complexity index is 4580. The van der Waals surface area contributed by atoms with Crippen LogP contribution in [0, 0.1) is 17.8 Å². The summed E-state index contributed by atoms with van der Waals surface area (Å²) in [5.74, 6) is -3.80. The normalized spacial score (nSPS) is 19.1. The van der Waals surface area contributed by atoms with Gasteiger partial charge in [0, 0.05) is 77.9 Å². The molecule has 0 fully saturated rings. The maximum Gasteiger partial charge on any atom is 0.343 e. The average molecular weight is 1370 g/mol. The van der Waals surface area contributed by atoms with Crippen molar-refractivity contribution in [3.05, 3.63) is 142 Å². The Balaban J connectivity index is 0.000000220. The van der Waals surface area contributed by atoms with Crippen LogP contribution in [-0.4, -0.2) is 107 Å². The smallest absolute Gasteiger partial charge is 0.343 e. The highest BCUT2D eigenvalue weighted by molar-refractivity contribution is 6.13. The van der Waals surface area contributed by atoms with Crippen molar-refractivity contribution in [1.82, 2.24) is 29.7 Å². The largest absolute Gasteiger partial charge is 0.458 e. The number of ketones is 3. The fourth-order valence-corrected chi connectivity index (χ4v) is 15.5. The number of amides is 4. The van der Waals surface area contributed by atoms with Crippen LogP contribution in [0.2, 0.25) is 0 Å². The lowest BCUT2D eigenvalue weighted by molar-refractivity contribution is -0.172. The van der Waals surface area contributed by atoms with Crippen molar-refractivity contribution in [3.63, 3.8) is 0 Å². The van der Waals surface area contributed by atoms with Crippen LogP contribution >= 0.6 is 0 Å². The molecule has 0 radical (unpaired) electrons. The third kappa shape index (κ3) is 13.0. The minimum atomic E-state index is -1.91. The number of pyridine rings is 3. The molecular formula is C78H93N7O15. The average Bonchev–Trinajstić information content (AvgIpc) is 1.53. The predicted molar refractivity (Wildman–Crippen MR) is 376 cm³/mol. The number of aryl methyl sites for hydroxylation is 4. The Hall–Kier alpha value is -9.12. The molecule has 6 aromatic rings. The molecule has 2 aliphatic carbocycles. The van der Waals surface area contributed by atoms with Gasteiger partial charge in [-0.2, -0.15) is 0 Å². The second kappa shape index (κ2) is 28.8. The molecule has 2 unspecified atom stereocenters. The second-order valence-electron chi connectivity index (χ2n) is 28.2. The van der Waals surface area contributed by atoms with Gasteiger partial charge in [-0.15, -0.1) is 0 Å². The maximum atomic E-state index is 13.8. The zero-order valence-corrected chi connectivity index (χ0v) is 56.9. The summed E-state index contributed by atoms with van der Waals surface area (Å²) < 4.78 is 13.8. The standard InChI is InChI=1S/C43H48N4O9.C33H37N3O6.2CH4/c1-5-43(55)32-20-34-39-30(21-47(34)41(53)31(32)22-56-42(43)54)28-12-9-11-27-25(13-14-33(45-39)38(27)28)18-35(49)24(4)44-40(52)29(23(2)3)19-26(48)10-7-6-8-17-46-36(50)15-16-37(46)51;1-5-33(41)25-13-26-22-11-19-10-9-18(12-27(37)17(4)35-30(38)29(34)16(2)3)20-7-6-8-21(28(19)20)23(22)14-36(26)31(39)24(25)15-42-32(33)40;;/h13-16,20,23-24,29,55H,5-12,17-19,21-22H2,1-4H3,(H,44,52);9-11,13,16-17,29,41H,5-8,12,14-15,34H2,1-4H3,(H,35,38);2*1H4/t24-,29?,43-;17-,29?,33-;;/m00../s1. The molecule has 0 bridgehead atoms. The lowest BCUT2D eigenvalue weighted by atomic mass is 9.80. The van der Waals surface area contributed by atoms with E-state index >= 15 is 0 Å². The summed E-state index contributed by atoms with van der Waals surface area (Å²) in [6.45, 7) is 14.9. The molecule has 0 saturated heterocycles. The predicted octanol–water partition coefficient (Wildman–Crippen LogP) is 7.95. The fraction of sp³-hybridized carbons (Fsp3) is 0.487. The molecule has 100 heavy (non-hydrogen) atoms. The summed E-state index contributed by atoms with van der Waals surface area (Å²) >= 11 is 0. The van der Waals surface area contributed by atoms with E-state index in [1.54, 1.807) is 49.0 Å². The summed E-state index contributed by atoms with van der Waals surface area (Å²) in [5, 5.41) is 31.2. The minimum Gasteiger partial charge on any atom is -0.458 e. The number of aromatic nitrogens is 3. The summed E-state index contributed by atoms with van der Waals surface area (Å²) in [6.07, 6.45) is 10.2. The third-order valence-electron chi connectivity index (χ3n) is 21.5. The number of ether oxygens (including phenoxy) is 2. The number of nitrogens with two attached hydrogens (primary N) is 1. The summed E-state index contributed by atoms with van der Waals surface area (Å²) in [4.78, 5) is 148. The van der Waals surface area contributed by atoms with Gasteiger partial charge in [-0.05, 0) is 164 Å². The molecule has 22 nitrogen and oxygen atoms in total. The van der Waals surface area contributed by atoms with Gasteiger partial charge in [-0.25, -0.2) is 14.6 Å². The van der Waals surface area contributed by atoms with Gasteiger partial charge in [0.2, 0.25) is 11.8 Å². The topological polar surface area (TPSA) is 323 Å². The Kier molecular flexibility index (Phi) is 21.2. The van der Waals surface area contributed by atoms with Crippen LogP contribution in [0.1, 0.15) is 195 Å². The molecule has 3 aromatic carbocycles. The van der Waals surface area contributed by atoms with Crippen LogP contribution in [0.25, 0.3) is 44.3 Å². The number of hydrogen-bond acceptors (Lipinski definition) is 17. The van der Waals surface area contributed by atoms with Crippen LogP contribution in [0.15, 0.2) is 64.2 Å². The van der Waals surface area contributed by atoms with E-state index in [9.17, 15) is 63.0 Å². The number of rotatable bonds is 22. The van der Waals surface area contributed by atoms with Crippen molar-refractivity contribution in [2.45, 2.75) is 222 Å². The lowest BCUT2D eigenvalue weighted by Crippen LogP contribution is -2.49. The Morgan fingerprint density at radius 1 is 0.600 bits per heavy atom. The van der Waals surface area contributed by atoms with Gasteiger partial charge < -0.3 is 45.2 Å². The number of nitrogens with one attached hydrogen (secondary N) is 2. The molecule has 7 aliphatic rings. The molecule has 22 heteroatoms. The van der Waals surface area contributed by atoms with Crippen LogP contribution in [0.3, 0.4) is 0 Å². The van der Waals surface area contributed by atoms with Gasteiger partial charge in [0.1, 0.15) is 19.0 Å². The molecule has 13 rings (SSSR count). The second-order valence-corrected chi connectivity index (χ2v) is 28.2. The van der Waals surface area contributed by atoms with Crippen LogP contribution in [-0.2, 0) is 129 Å². The molecular weight excluding hydrogens is 1270 g/mol. The third-order valence-corrected chi connectivity index (χ3v) is 21.5. The summed E-state index contributed by atoms with van der Waals surface area (Å²) in [6, 6.07) is 11.3. The van der Waals surface area contributed by atoms with Gasteiger partial charge in [0.25, 0.3) is 22.9 Å². The number of aliphatic hydroxyl groups is 2. The van der Waals surface area contributed by atoms with Crippen molar-refractivity contribution in [3.8, 4) is 22.6 Å². The Labute approximate surface area is 581 Å².